The second-order valence-electron chi connectivity index (χ2n) is 3.59. The van der Waals surface area contributed by atoms with E-state index in [0.29, 0.717) is 0 Å². The van der Waals surface area contributed by atoms with E-state index in [1.54, 1.807) is 0 Å². The normalized spacial score (nSPS) is 10.0. The summed E-state index contributed by atoms with van der Waals surface area (Å²) in [4.78, 5) is 0. The second kappa shape index (κ2) is 5.22. The molecule has 1 nitrogen and oxygen atoms in total. The van der Waals surface area contributed by atoms with Gasteiger partial charge in [0.05, 0.1) is 12.4 Å². The highest BCUT2D eigenvalue weighted by molar-refractivity contribution is 4.98. The lowest BCUT2D eigenvalue weighted by Crippen LogP contribution is -1.98. The standard InChI is InChI=1S/C10H20O/c1-8(2)6-7-11-10(5)9(3)4/h8H,6-7H2,1-5H3. The third-order valence-corrected chi connectivity index (χ3v) is 1.72. The van der Waals surface area contributed by atoms with Gasteiger partial charge in [0.15, 0.2) is 0 Å². The molecular weight excluding hydrogens is 136 g/mol. The van der Waals surface area contributed by atoms with Gasteiger partial charge in [-0.3, -0.25) is 0 Å². The molecule has 0 heterocycles. The molecule has 11 heavy (non-hydrogen) atoms. The summed E-state index contributed by atoms with van der Waals surface area (Å²) in [5, 5.41) is 0. The van der Waals surface area contributed by atoms with Crippen molar-refractivity contribution in [2.24, 2.45) is 5.92 Å². The van der Waals surface area contributed by atoms with Gasteiger partial charge in [-0.25, -0.2) is 0 Å². The van der Waals surface area contributed by atoms with Gasteiger partial charge in [0, 0.05) is 0 Å². The predicted molar refractivity (Wildman–Crippen MR) is 49.5 cm³/mol. The Hall–Kier alpha value is -0.460. The Morgan fingerprint density at radius 1 is 1.18 bits per heavy atom. The SMILES string of the molecule is CC(C)=C(C)OCCC(C)C. The summed E-state index contributed by atoms with van der Waals surface area (Å²) in [7, 11) is 0. The van der Waals surface area contributed by atoms with E-state index >= 15 is 0 Å². The van der Waals surface area contributed by atoms with Crippen LogP contribution >= 0.6 is 0 Å². The first kappa shape index (κ1) is 10.5. The smallest absolute Gasteiger partial charge is 0.0915 e. The van der Waals surface area contributed by atoms with Crippen LogP contribution in [0.15, 0.2) is 11.3 Å². The third kappa shape index (κ3) is 5.96. The zero-order valence-electron chi connectivity index (χ0n) is 8.40. The summed E-state index contributed by atoms with van der Waals surface area (Å²) in [6, 6.07) is 0. The highest BCUT2D eigenvalue weighted by Crippen LogP contribution is 2.06. The topological polar surface area (TPSA) is 9.23 Å². The van der Waals surface area contributed by atoms with Gasteiger partial charge in [-0.05, 0) is 38.7 Å². The van der Waals surface area contributed by atoms with Gasteiger partial charge in [-0.15, -0.1) is 0 Å². The Morgan fingerprint density at radius 3 is 2.09 bits per heavy atom. The molecule has 66 valence electrons. The zero-order valence-corrected chi connectivity index (χ0v) is 8.40. The maximum absolute atomic E-state index is 5.49. The van der Waals surface area contributed by atoms with Crippen LogP contribution in [0.25, 0.3) is 0 Å². The van der Waals surface area contributed by atoms with Crippen LogP contribution in [-0.4, -0.2) is 6.61 Å². The van der Waals surface area contributed by atoms with E-state index in [1.165, 1.54) is 5.57 Å². The van der Waals surface area contributed by atoms with Crippen molar-refractivity contribution in [3.05, 3.63) is 11.3 Å². The lowest BCUT2D eigenvalue weighted by Gasteiger charge is -2.09. The number of hydrogen-bond donors (Lipinski definition) is 0. The first-order valence-electron chi connectivity index (χ1n) is 4.31. The Kier molecular flexibility index (Phi) is 5.01. The highest BCUT2D eigenvalue weighted by Gasteiger charge is 1.95. The van der Waals surface area contributed by atoms with Crippen molar-refractivity contribution in [1.82, 2.24) is 0 Å². The van der Waals surface area contributed by atoms with E-state index in [0.717, 1.165) is 24.7 Å². The van der Waals surface area contributed by atoms with Gasteiger partial charge < -0.3 is 4.74 Å². The molecule has 0 radical (unpaired) electrons. The van der Waals surface area contributed by atoms with Crippen LogP contribution in [0.2, 0.25) is 0 Å². The number of rotatable bonds is 4. The van der Waals surface area contributed by atoms with Crippen molar-refractivity contribution in [3.8, 4) is 0 Å². The molecule has 1 heteroatoms. The molecule has 0 aromatic heterocycles. The van der Waals surface area contributed by atoms with Crippen molar-refractivity contribution >= 4 is 0 Å². The quantitative estimate of drug-likeness (QED) is 0.567. The largest absolute Gasteiger partial charge is 0.498 e. The van der Waals surface area contributed by atoms with Crippen LogP contribution in [0.1, 0.15) is 41.0 Å². The lowest BCUT2D eigenvalue weighted by molar-refractivity contribution is 0.194. The number of hydrogen-bond acceptors (Lipinski definition) is 1. The fraction of sp³-hybridized carbons (Fsp3) is 0.800. The Labute approximate surface area is 70.4 Å². The molecule has 0 saturated heterocycles. The van der Waals surface area contributed by atoms with Crippen LogP contribution in [0.5, 0.6) is 0 Å². The van der Waals surface area contributed by atoms with E-state index in [-0.39, 0.29) is 0 Å². The van der Waals surface area contributed by atoms with E-state index < -0.39 is 0 Å². The first-order valence-corrected chi connectivity index (χ1v) is 4.31. The van der Waals surface area contributed by atoms with Gasteiger partial charge in [0.25, 0.3) is 0 Å². The Bertz CT molecular complexity index is 130. The van der Waals surface area contributed by atoms with Crippen molar-refractivity contribution < 1.29 is 4.74 Å². The zero-order chi connectivity index (χ0) is 8.85. The Morgan fingerprint density at radius 2 is 1.73 bits per heavy atom. The molecule has 0 fully saturated rings. The molecule has 0 aromatic carbocycles. The summed E-state index contributed by atoms with van der Waals surface area (Å²) < 4.78 is 5.49. The average Bonchev–Trinajstić information content (AvgIpc) is 1.86. The average molecular weight is 156 g/mol. The minimum atomic E-state index is 0.736. The molecule has 0 N–H and O–H groups in total. The lowest BCUT2D eigenvalue weighted by atomic mass is 10.1. The van der Waals surface area contributed by atoms with Crippen molar-refractivity contribution in [2.75, 3.05) is 6.61 Å². The second-order valence-corrected chi connectivity index (χ2v) is 3.59. The number of allylic oxidation sites excluding steroid dienone is 2. The molecular formula is C10H20O. The summed E-state index contributed by atoms with van der Waals surface area (Å²) in [5.41, 5.74) is 1.27. The van der Waals surface area contributed by atoms with Gasteiger partial charge in [-0.2, -0.15) is 0 Å². The molecule has 0 aromatic rings. The molecule has 0 bridgehead atoms. The minimum absolute atomic E-state index is 0.736. The van der Waals surface area contributed by atoms with Crippen molar-refractivity contribution in [3.63, 3.8) is 0 Å². The first-order chi connectivity index (χ1) is 5.04. The summed E-state index contributed by atoms with van der Waals surface area (Å²) in [6.45, 7) is 11.4. The van der Waals surface area contributed by atoms with Gasteiger partial charge in [0.1, 0.15) is 0 Å². The summed E-state index contributed by atoms with van der Waals surface area (Å²) in [5.74, 6) is 1.81. The van der Waals surface area contributed by atoms with Crippen molar-refractivity contribution in [1.29, 1.82) is 0 Å². The molecule has 0 rings (SSSR count). The summed E-state index contributed by atoms with van der Waals surface area (Å²) in [6.07, 6.45) is 1.14. The van der Waals surface area contributed by atoms with Crippen LogP contribution in [0.3, 0.4) is 0 Å². The van der Waals surface area contributed by atoms with Gasteiger partial charge >= 0.3 is 0 Å². The number of ether oxygens (including phenoxy) is 1. The molecule has 0 aliphatic heterocycles. The fourth-order valence-corrected chi connectivity index (χ4v) is 0.592. The van der Waals surface area contributed by atoms with Crippen molar-refractivity contribution in [2.45, 2.75) is 41.0 Å². The fourth-order valence-electron chi connectivity index (χ4n) is 0.592. The van der Waals surface area contributed by atoms with Crippen LogP contribution in [0, 0.1) is 5.92 Å². The molecule has 0 atom stereocenters. The molecule has 0 aliphatic carbocycles. The highest BCUT2D eigenvalue weighted by atomic mass is 16.5. The predicted octanol–water partition coefficient (Wildman–Crippen LogP) is 3.36. The Balaban J connectivity index is 3.48. The molecule has 0 aliphatic rings. The third-order valence-electron chi connectivity index (χ3n) is 1.72. The van der Waals surface area contributed by atoms with Crippen LogP contribution in [0.4, 0.5) is 0 Å². The van der Waals surface area contributed by atoms with E-state index in [2.05, 4.69) is 27.7 Å². The van der Waals surface area contributed by atoms with E-state index in [9.17, 15) is 0 Å². The monoisotopic (exact) mass is 156 g/mol. The van der Waals surface area contributed by atoms with Gasteiger partial charge in [0.2, 0.25) is 0 Å². The maximum Gasteiger partial charge on any atom is 0.0915 e. The minimum Gasteiger partial charge on any atom is -0.498 e. The van der Waals surface area contributed by atoms with E-state index in [1.807, 2.05) is 6.92 Å². The van der Waals surface area contributed by atoms with Gasteiger partial charge in [-0.1, -0.05) is 13.8 Å². The maximum atomic E-state index is 5.49. The van der Waals surface area contributed by atoms with Crippen LogP contribution in [-0.2, 0) is 4.74 Å². The molecule has 0 spiro atoms. The summed E-state index contributed by atoms with van der Waals surface area (Å²) >= 11 is 0. The van der Waals surface area contributed by atoms with E-state index in [4.69, 9.17) is 4.74 Å². The van der Waals surface area contributed by atoms with Crippen LogP contribution < -0.4 is 0 Å². The molecule has 0 amide bonds. The molecule has 0 unspecified atom stereocenters. The molecule has 0 saturated carbocycles.